The highest BCUT2D eigenvalue weighted by Gasteiger charge is 2.16. The van der Waals surface area contributed by atoms with E-state index in [4.69, 9.17) is 12.2 Å². The predicted octanol–water partition coefficient (Wildman–Crippen LogP) is 2.90. The fourth-order valence-corrected chi connectivity index (χ4v) is 4.09. The zero-order valence-corrected chi connectivity index (χ0v) is 15.8. The van der Waals surface area contributed by atoms with Crippen LogP contribution in [0.1, 0.15) is 32.1 Å². The van der Waals surface area contributed by atoms with Gasteiger partial charge >= 0.3 is 0 Å². The molecular weight excluding hydrogens is 370 g/mol. The number of hydrogen-bond donors (Lipinski definition) is 3. The molecule has 3 N–H and O–H groups in total. The van der Waals surface area contributed by atoms with Gasteiger partial charge in [0.1, 0.15) is 0 Å². The summed E-state index contributed by atoms with van der Waals surface area (Å²) < 4.78 is 27.0. The Hall–Kier alpha value is -2.26. The van der Waals surface area contributed by atoms with Crippen molar-refractivity contribution in [3.05, 3.63) is 42.7 Å². The van der Waals surface area contributed by atoms with Crippen LogP contribution in [0.4, 0.5) is 11.6 Å². The molecule has 1 saturated carbocycles. The Morgan fingerprint density at radius 1 is 1.04 bits per heavy atom. The van der Waals surface area contributed by atoms with E-state index in [1.807, 2.05) is 0 Å². The first-order chi connectivity index (χ1) is 12.5. The van der Waals surface area contributed by atoms with Gasteiger partial charge in [0, 0.05) is 24.1 Å². The SMILES string of the molecule is O=S(=O)(Nc1ncccn1)c1ccc(NC(=S)NC2CCCCC2)cc1. The molecule has 1 aliphatic rings. The van der Waals surface area contributed by atoms with Gasteiger partial charge < -0.3 is 10.6 Å². The molecule has 2 aromatic rings. The average Bonchev–Trinajstić information content (AvgIpc) is 2.63. The summed E-state index contributed by atoms with van der Waals surface area (Å²) >= 11 is 5.34. The summed E-state index contributed by atoms with van der Waals surface area (Å²) in [6.45, 7) is 0. The van der Waals surface area contributed by atoms with E-state index in [-0.39, 0.29) is 10.8 Å². The normalized spacial score (nSPS) is 15.2. The van der Waals surface area contributed by atoms with Crippen molar-refractivity contribution >= 4 is 39.0 Å². The van der Waals surface area contributed by atoms with E-state index >= 15 is 0 Å². The van der Waals surface area contributed by atoms with E-state index in [1.165, 1.54) is 43.8 Å². The van der Waals surface area contributed by atoms with E-state index in [2.05, 4.69) is 25.3 Å². The number of aromatic nitrogens is 2. The predicted molar refractivity (Wildman–Crippen MR) is 106 cm³/mol. The third kappa shape index (κ3) is 5.12. The summed E-state index contributed by atoms with van der Waals surface area (Å²) in [7, 11) is -3.73. The largest absolute Gasteiger partial charge is 0.360 e. The molecular formula is C17H21N5O2S2. The number of thiocarbonyl (C=S) groups is 1. The molecule has 1 heterocycles. The first-order valence-corrected chi connectivity index (χ1v) is 10.4. The van der Waals surface area contributed by atoms with Crippen molar-refractivity contribution in [3.63, 3.8) is 0 Å². The maximum absolute atomic E-state index is 12.3. The molecule has 0 saturated heterocycles. The second-order valence-corrected chi connectivity index (χ2v) is 8.23. The number of anilines is 2. The molecule has 1 aliphatic carbocycles. The lowest BCUT2D eigenvalue weighted by Crippen LogP contribution is -2.38. The second kappa shape index (κ2) is 8.41. The molecule has 7 nitrogen and oxygen atoms in total. The topological polar surface area (TPSA) is 96.0 Å². The number of rotatable bonds is 5. The van der Waals surface area contributed by atoms with Crippen LogP contribution in [0.25, 0.3) is 0 Å². The Bertz CT molecular complexity index is 835. The second-order valence-electron chi connectivity index (χ2n) is 6.14. The molecule has 1 fully saturated rings. The summed E-state index contributed by atoms with van der Waals surface area (Å²) in [5, 5.41) is 6.97. The molecule has 0 radical (unpaired) electrons. The van der Waals surface area contributed by atoms with Gasteiger partial charge in [-0.25, -0.2) is 23.1 Å². The average molecular weight is 392 g/mol. The molecule has 0 spiro atoms. The minimum Gasteiger partial charge on any atom is -0.360 e. The van der Waals surface area contributed by atoms with Crippen molar-refractivity contribution in [3.8, 4) is 0 Å². The highest BCUT2D eigenvalue weighted by molar-refractivity contribution is 7.92. The summed E-state index contributed by atoms with van der Waals surface area (Å²) in [5.41, 5.74) is 0.730. The Balaban J connectivity index is 1.59. The van der Waals surface area contributed by atoms with Crippen LogP contribution >= 0.6 is 12.2 Å². The third-order valence-corrected chi connectivity index (χ3v) is 5.72. The van der Waals surface area contributed by atoms with Crippen molar-refractivity contribution in [2.45, 2.75) is 43.0 Å². The minimum absolute atomic E-state index is 0.0348. The lowest BCUT2D eigenvalue weighted by atomic mass is 9.96. The molecule has 0 aliphatic heterocycles. The monoisotopic (exact) mass is 391 g/mol. The lowest BCUT2D eigenvalue weighted by Gasteiger charge is -2.24. The Kier molecular flexibility index (Phi) is 6.00. The van der Waals surface area contributed by atoms with Crippen molar-refractivity contribution < 1.29 is 8.42 Å². The third-order valence-electron chi connectivity index (χ3n) is 4.15. The standard InChI is InChI=1S/C17H21N5O2S2/c23-26(24,22-16-18-11-4-12-19-16)15-9-7-14(8-10-15)21-17(25)20-13-5-2-1-3-6-13/h4,7-13H,1-3,5-6H2,(H,18,19,22)(H2,20,21,25). The van der Waals surface area contributed by atoms with Crippen LogP contribution in [0, 0.1) is 0 Å². The van der Waals surface area contributed by atoms with E-state index in [1.54, 1.807) is 18.2 Å². The first-order valence-electron chi connectivity index (χ1n) is 8.50. The van der Waals surface area contributed by atoms with Gasteiger partial charge in [-0.2, -0.15) is 0 Å². The molecule has 0 bridgehead atoms. The highest BCUT2D eigenvalue weighted by Crippen LogP contribution is 2.19. The zero-order valence-electron chi connectivity index (χ0n) is 14.2. The van der Waals surface area contributed by atoms with Crippen LogP contribution < -0.4 is 15.4 Å². The van der Waals surface area contributed by atoms with Gasteiger partial charge in [0.15, 0.2) is 5.11 Å². The lowest BCUT2D eigenvalue weighted by molar-refractivity contribution is 0.415. The van der Waals surface area contributed by atoms with Crippen LogP contribution in [0.5, 0.6) is 0 Å². The quantitative estimate of drug-likeness (QED) is 0.675. The van der Waals surface area contributed by atoms with Gasteiger partial charge in [0.05, 0.1) is 4.90 Å². The molecule has 1 aromatic heterocycles. The summed E-state index contributed by atoms with van der Waals surface area (Å²) in [6.07, 6.45) is 8.95. The van der Waals surface area contributed by atoms with E-state index in [9.17, 15) is 8.42 Å². The maximum atomic E-state index is 12.3. The first kappa shape index (κ1) is 18.5. The van der Waals surface area contributed by atoms with E-state index in [0.29, 0.717) is 11.2 Å². The van der Waals surface area contributed by atoms with Crippen LogP contribution in [0.15, 0.2) is 47.6 Å². The Morgan fingerprint density at radius 3 is 2.35 bits per heavy atom. The maximum Gasteiger partial charge on any atom is 0.264 e. The van der Waals surface area contributed by atoms with Crippen LogP contribution in [-0.2, 0) is 10.0 Å². The summed E-state index contributed by atoms with van der Waals surface area (Å²) in [4.78, 5) is 7.85. The molecule has 1 aromatic carbocycles. The van der Waals surface area contributed by atoms with Crippen LogP contribution in [0.2, 0.25) is 0 Å². The minimum atomic E-state index is -3.73. The number of nitrogens with one attached hydrogen (secondary N) is 3. The fraction of sp³-hybridized carbons (Fsp3) is 0.353. The molecule has 138 valence electrons. The van der Waals surface area contributed by atoms with Crippen molar-refractivity contribution in [1.82, 2.24) is 15.3 Å². The van der Waals surface area contributed by atoms with Crippen molar-refractivity contribution in [2.24, 2.45) is 0 Å². The number of benzene rings is 1. The van der Waals surface area contributed by atoms with Gasteiger partial charge in [0.25, 0.3) is 10.0 Å². The van der Waals surface area contributed by atoms with E-state index in [0.717, 1.165) is 18.5 Å². The molecule has 0 unspecified atom stereocenters. The number of hydrogen-bond acceptors (Lipinski definition) is 5. The summed E-state index contributed by atoms with van der Waals surface area (Å²) in [5.74, 6) is 0.0348. The van der Waals surface area contributed by atoms with Gasteiger partial charge in [-0.3, -0.25) is 0 Å². The summed E-state index contributed by atoms with van der Waals surface area (Å²) in [6, 6.07) is 8.40. The number of nitrogens with zero attached hydrogens (tertiary/aromatic N) is 2. The van der Waals surface area contributed by atoms with Crippen molar-refractivity contribution in [1.29, 1.82) is 0 Å². The Labute approximate surface area is 158 Å². The van der Waals surface area contributed by atoms with Crippen molar-refractivity contribution in [2.75, 3.05) is 10.0 Å². The van der Waals surface area contributed by atoms with Crippen LogP contribution in [0.3, 0.4) is 0 Å². The fourth-order valence-electron chi connectivity index (χ4n) is 2.85. The number of sulfonamides is 1. The van der Waals surface area contributed by atoms with Gasteiger partial charge in [0.2, 0.25) is 5.95 Å². The molecule has 0 atom stereocenters. The van der Waals surface area contributed by atoms with Gasteiger partial charge in [-0.15, -0.1) is 0 Å². The molecule has 3 rings (SSSR count). The smallest absolute Gasteiger partial charge is 0.264 e. The van der Waals surface area contributed by atoms with Gasteiger partial charge in [-0.1, -0.05) is 19.3 Å². The molecule has 26 heavy (non-hydrogen) atoms. The molecule has 9 heteroatoms. The molecule has 0 amide bonds. The van der Waals surface area contributed by atoms with Gasteiger partial charge in [-0.05, 0) is 55.4 Å². The van der Waals surface area contributed by atoms with Crippen LogP contribution in [-0.4, -0.2) is 29.5 Å². The highest BCUT2D eigenvalue weighted by atomic mass is 32.2. The Morgan fingerprint density at radius 2 is 1.69 bits per heavy atom. The zero-order chi connectivity index (χ0) is 18.4. The van der Waals surface area contributed by atoms with E-state index < -0.39 is 10.0 Å².